The molecule has 0 heterocycles. The summed E-state index contributed by atoms with van der Waals surface area (Å²) in [5, 5.41) is 9.12. The fraction of sp³-hybridized carbons (Fsp3) is 0. The molecule has 0 unspecified atom stereocenters. The molecule has 0 atom stereocenters. The Labute approximate surface area is 95.3 Å². The summed E-state index contributed by atoms with van der Waals surface area (Å²) < 4.78 is 0. The molecule has 0 aromatic heterocycles. The Morgan fingerprint density at radius 1 is 1.06 bits per heavy atom. The zero-order valence-electron chi connectivity index (χ0n) is 8.85. The van der Waals surface area contributed by atoms with Crippen LogP contribution in [0.25, 0.3) is 17.2 Å². The van der Waals surface area contributed by atoms with Gasteiger partial charge in [-0.15, -0.1) is 0 Å². The minimum atomic E-state index is 0.684. The van der Waals surface area contributed by atoms with E-state index in [1.54, 1.807) is 6.08 Å². The molecule has 0 spiro atoms. The summed E-state index contributed by atoms with van der Waals surface area (Å²) >= 11 is 0. The van der Waals surface area contributed by atoms with Gasteiger partial charge < -0.3 is 0 Å². The molecule has 1 heteroatoms. The first-order valence-corrected chi connectivity index (χ1v) is 5.07. The molecular weight excluding hydrogens is 194 g/mol. The van der Waals surface area contributed by atoms with Crippen molar-refractivity contribution in [2.45, 2.75) is 0 Å². The highest BCUT2D eigenvalue weighted by molar-refractivity contribution is 5.72. The van der Waals surface area contributed by atoms with E-state index < -0.39 is 0 Å². The van der Waals surface area contributed by atoms with Gasteiger partial charge in [-0.2, -0.15) is 5.26 Å². The van der Waals surface area contributed by atoms with Crippen molar-refractivity contribution < 1.29 is 0 Å². The van der Waals surface area contributed by atoms with Crippen LogP contribution in [0.1, 0.15) is 11.1 Å². The van der Waals surface area contributed by atoms with Crippen LogP contribution in [-0.4, -0.2) is 0 Å². The Morgan fingerprint density at radius 2 is 1.81 bits per heavy atom. The minimum absolute atomic E-state index is 0.684. The summed E-state index contributed by atoms with van der Waals surface area (Å²) in [5.41, 5.74) is 3.68. The topological polar surface area (TPSA) is 23.8 Å². The first kappa shape index (κ1) is 10.2. The highest BCUT2D eigenvalue weighted by atomic mass is 14.2. The van der Waals surface area contributed by atoms with Gasteiger partial charge in [0.2, 0.25) is 0 Å². The van der Waals surface area contributed by atoms with Gasteiger partial charge in [-0.25, -0.2) is 0 Å². The monoisotopic (exact) mass is 205 g/mol. The molecule has 0 radical (unpaired) electrons. The van der Waals surface area contributed by atoms with Crippen molar-refractivity contribution >= 4 is 6.08 Å². The van der Waals surface area contributed by atoms with Gasteiger partial charge in [0.05, 0.1) is 11.6 Å². The maximum absolute atomic E-state index is 9.12. The van der Waals surface area contributed by atoms with Crippen LogP contribution in [-0.2, 0) is 0 Å². The van der Waals surface area contributed by atoms with Crippen LogP contribution in [0.15, 0.2) is 55.1 Å². The van der Waals surface area contributed by atoms with Crippen LogP contribution in [0.4, 0.5) is 0 Å². The number of benzene rings is 2. The van der Waals surface area contributed by atoms with Crippen LogP contribution in [0.3, 0.4) is 0 Å². The normalized spacial score (nSPS) is 9.44. The molecule has 0 fully saturated rings. The lowest BCUT2D eigenvalue weighted by Gasteiger charge is -2.04. The molecule has 2 aromatic rings. The maximum Gasteiger partial charge on any atom is 0.0998 e. The molecule has 0 aliphatic carbocycles. The van der Waals surface area contributed by atoms with E-state index in [9.17, 15) is 0 Å². The van der Waals surface area contributed by atoms with Gasteiger partial charge >= 0.3 is 0 Å². The van der Waals surface area contributed by atoms with E-state index in [2.05, 4.69) is 12.6 Å². The standard InChI is InChI=1S/C15H11N/c1-2-12-8-9-15(14(10-12)11-16)13-6-4-3-5-7-13/h2-10H,1H2. The third kappa shape index (κ3) is 1.87. The highest BCUT2D eigenvalue weighted by Gasteiger charge is 2.04. The third-order valence-electron chi connectivity index (χ3n) is 2.48. The van der Waals surface area contributed by atoms with Gasteiger partial charge in [0.15, 0.2) is 0 Å². The molecule has 0 bridgehead atoms. The first-order chi connectivity index (χ1) is 7.85. The van der Waals surface area contributed by atoms with Crippen LogP contribution >= 0.6 is 0 Å². The largest absolute Gasteiger partial charge is 0.192 e. The number of nitrogens with zero attached hydrogens (tertiary/aromatic N) is 1. The molecule has 0 aliphatic rings. The average Bonchev–Trinajstić information content (AvgIpc) is 2.39. The molecular formula is C15H11N. The molecule has 0 amide bonds. The van der Waals surface area contributed by atoms with Gasteiger partial charge in [0.1, 0.15) is 0 Å². The lowest BCUT2D eigenvalue weighted by Crippen LogP contribution is -1.85. The smallest absolute Gasteiger partial charge is 0.0998 e. The minimum Gasteiger partial charge on any atom is -0.192 e. The van der Waals surface area contributed by atoms with E-state index in [4.69, 9.17) is 5.26 Å². The molecule has 1 nitrogen and oxygen atoms in total. The van der Waals surface area contributed by atoms with Gasteiger partial charge in [-0.1, -0.05) is 55.1 Å². The summed E-state index contributed by atoms with van der Waals surface area (Å²) in [5.74, 6) is 0. The lowest BCUT2D eigenvalue weighted by atomic mass is 9.98. The Hall–Kier alpha value is -2.33. The van der Waals surface area contributed by atoms with E-state index >= 15 is 0 Å². The second kappa shape index (κ2) is 4.46. The van der Waals surface area contributed by atoms with Gasteiger partial charge in [-0.3, -0.25) is 0 Å². The Morgan fingerprint density at radius 3 is 2.44 bits per heavy atom. The van der Waals surface area contributed by atoms with Crippen molar-refractivity contribution in [3.05, 3.63) is 66.2 Å². The predicted octanol–water partition coefficient (Wildman–Crippen LogP) is 3.87. The number of hydrogen-bond acceptors (Lipinski definition) is 1. The van der Waals surface area contributed by atoms with Crippen LogP contribution in [0, 0.1) is 11.3 Å². The van der Waals surface area contributed by atoms with Crippen LogP contribution in [0.5, 0.6) is 0 Å². The predicted molar refractivity (Wildman–Crippen MR) is 66.7 cm³/mol. The zero-order chi connectivity index (χ0) is 11.4. The second-order valence-electron chi connectivity index (χ2n) is 3.49. The zero-order valence-corrected chi connectivity index (χ0v) is 8.85. The van der Waals surface area contributed by atoms with Crippen molar-refractivity contribution in [3.8, 4) is 17.2 Å². The first-order valence-electron chi connectivity index (χ1n) is 5.07. The Balaban J connectivity index is 2.59. The van der Waals surface area contributed by atoms with E-state index in [1.165, 1.54) is 0 Å². The van der Waals surface area contributed by atoms with E-state index in [0.29, 0.717) is 5.56 Å². The van der Waals surface area contributed by atoms with Crippen LogP contribution < -0.4 is 0 Å². The summed E-state index contributed by atoms with van der Waals surface area (Å²) in [6.07, 6.45) is 1.75. The van der Waals surface area contributed by atoms with Gasteiger partial charge in [0.25, 0.3) is 0 Å². The molecule has 16 heavy (non-hydrogen) atoms. The third-order valence-corrected chi connectivity index (χ3v) is 2.48. The number of hydrogen-bond donors (Lipinski definition) is 0. The van der Waals surface area contributed by atoms with E-state index in [1.807, 2.05) is 48.5 Å². The number of rotatable bonds is 2. The van der Waals surface area contributed by atoms with Crippen molar-refractivity contribution in [2.24, 2.45) is 0 Å². The fourth-order valence-electron chi connectivity index (χ4n) is 1.65. The summed E-state index contributed by atoms with van der Waals surface area (Å²) in [6.45, 7) is 3.70. The SMILES string of the molecule is C=Cc1ccc(-c2ccccc2)c(C#N)c1. The van der Waals surface area contributed by atoms with Crippen molar-refractivity contribution in [3.63, 3.8) is 0 Å². The molecule has 0 saturated heterocycles. The molecule has 2 rings (SSSR count). The Kier molecular flexibility index (Phi) is 2.84. The second-order valence-corrected chi connectivity index (χ2v) is 3.49. The van der Waals surface area contributed by atoms with Crippen LogP contribution in [0.2, 0.25) is 0 Å². The molecule has 0 N–H and O–H groups in total. The lowest BCUT2D eigenvalue weighted by molar-refractivity contribution is 1.47. The molecule has 76 valence electrons. The van der Waals surface area contributed by atoms with Crippen molar-refractivity contribution in [1.29, 1.82) is 5.26 Å². The quantitative estimate of drug-likeness (QED) is 0.730. The maximum atomic E-state index is 9.12. The number of nitriles is 1. The van der Waals surface area contributed by atoms with Crippen molar-refractivity contribution in [1.82, 2.24) is 0 Å². The summed E-state index contributed by atoms with van der Waals surface area (Å²) in [7, 11) is 0. The fourth-order valence-corrected chi connectivity index (χ4v) is 1.65. The van der Waals surface area contributed by atoms with Crippen molar-refractivity contribution in [2.75, 3.05) is 0 Å². The van der Waals surface area contributed by atoms with E-state index in [0.717, 1.165) is 16.7 Å². The highest BCUT2D eigenvalue weighted by Crippen LogP contribution is 2.24. The molecule has 2 aromatic carbocycles. The average molecular weight is 205 g/mol. The summed E-state index contributed by atoms with van der Waals surface area (Å²) in [4.78, 5) is 0. The van der Waals surface area contributed by atoms with Gasteiger partial charge in [-0.05, 0) is 22.8 Å². The molecule has 0 saturated carbocycles. The van der Waals surface area contributed by atoms with Gasteiger partial charge in [0, 0.05) is 0 Å². The van der Waals surface area contributed by atoms with E-state index in [-0.39, 0.29) is 0 Å². The Bertz CT molecular complexity index is 547. The summed E-state index contributed by atoms with van der Waals surface area (Å²) in [6, 6.07) is 17.9. The molecule has 0 aliphatic heterocycles.